The van der Waals surface area contributed by atoms with Gasteiger partial charge >= 0.3 is 0 Å². The Hall–Kier alpha value is -1.69. The predicted octanol–water partition coefficient (Wildman–Crippen LogP) is 0.288. The van der Waals surface area contributed by atoms with Crippen LogP contribution in [0.5, 0.6) is 0 Å². The minimum absolute atomic E-state index is 0.0652. The summed E-state index contributed by atoms with van der Waals surface area (Å²) in [5.41, 5.74) is 7.17. The molecule has 0 aliphatic heterocycles. The van der Waals surface area contributed by atoms with E-state index in [0.29, 0.717) is 11.5 Å². The van der Waals surface area contributed by atoms with Gasteiger partial charge in [-0.3, -0.25) is 9.78 Å². The van der Waals surface area contributed by atoms with Gasteiger partial charge in [-0.25, -0.2) is 0 Å². The molecule has 0 atom stereocenters. The molecule has 0 aliphatic carbocycles. The largest absolute Gasteiger partial charge is 0.389 e. The van der Waals surface area contributed by atoms with Gasteiger partial charge in [0.05, 0.1) is 18.4 Å². The first kappa shape index (κ1) is 13.4. The number of rotatable bonds is 5. The number of nitrogens with one attached hydrogen (secondary N) is 1. The van der Waals surface area contributed by atoms with Gasteiger partial charge in [0, 0.05) is 25.4 Å². The molecule has 0 radical (unpaired) electrons. The van der Waals surface area contributed by atoms with Crippen molar-refractivity contribution in [1.29, 1.82) is 0 Å². The van der Waals surface area contributed by atoms with Crippen LogP contribution < -0.4 is 16.0 Å². The molecule has 1 amide bonds. The van der Waals surface area contributed by atoms with Gasteiger partial charge in [-0.05, 0) is 13.0 Å². The average Bonchev–Trinajstić information content (AvgIpc) is 2.35. The van der Waals surface area contributed by atoms with Crippen LogP contribution in [0.1, 0.15) is 12.5 Å². The van der Waals surface area contributed by atoms with Crippen molar-refractivity contribution in [2.24, 2.45) is 5.73 Å². The molecule has 1 heterocycles. The number of nitrogens with zero attached hydrogens (tertiary/aromatic N) is 2. The second kappa shape index (κ2) is 6.15. The summed E-state index contributed by atoms with van der Waals surface area (Å²) in [5.74, 6) is -0.0652. The molecular formula is C11H16N4OS. The first-order valence-corrected chi connectivity index (χ1v) is 5.70. The van der Waals surface area contributed by atoms with Crippen LogP contribution in [0.4, 0.5) is 5.69 Å². The fraction of sp³-hybridized carbons (Fsp3) is 0.364. The molecular weight excluding hydrogens is 236 g/mol. The van der Waals surface area contributed by atoms with Crippen molar-refractivity contribution in [3.8, 4) is 0 Å². The molecule has 3 N–H and O–H groups in total. The molecule has 1 aromatic rings. The van der Waals surface area contributed by atoms with E-state index < -0.39 is 0 Å². The topological polar surface area (TPSA) is 71.2 Å². The summed E-state index contributed by atoms with van der Waals surface area (Å²) in [4.78, 5) is 17.6. The van der Waals surface area contributed by atoms with Gasteiger partial charge in [0.2, 0.25) is 5.91 Å². The van der Waals surface area contributed by atoms with Crippen molar-refractivity contribution in [2.75, 3.05) is 25.0 Å². The Bertz CT molecular complexity index is 422. The van der Waals surface area contributed by atoms with Gasteiger partial charge in [-0.1, -0.05) is 12.2 Å². The van der Waals surface area contributed by atoms with Crippen LogP contribution in [0.2, 0.25) is 0 Å². The third-order valence-corrected chi connectivity index (χ3v) is 2.62. The van der Waals surface area contributed by atoms with E-state index in [2.05, 4.69) is 10.3 Å². The predicted molar refractivity (Wildman–Crippen MR) is 72.1 cm³/mol. The number of carbonyl (C=O) groups excluding carboxylic acids is 1. The maximum atomic E-state index is 11.4. The first-order valence-electron chi connectivity index (χ1n) is 5.29. The molecule has 0 fully saturated rings. The number of likely N-dealkylation sites (N-methyl/N-ethyl adjacent to an activating group) is 2. The zero-order valence-electron chi connectivity index (χ0n) is 9.93. The number of amides is 1. The molecule has 92 valence electrons. The molecule has 1 rings (SSSR count). The van der Waals surface area contributed by atoms with Crippen LogP contribution in [0.25, 0.3) is 0 Å². The number of pyridine rings is 1. The minimum atomic E-state index is -0.0652. The molecule has 17 heavy (non-hydrogen) atoms. The third-order valence-electron chi connectivity index (χ3n) is 2.40. The number of hydrogen-bond acceptors (Lipinski definition) is 4. The summed E-state index contributed by atoms with van der Waals surface area (Å²) in [6.45, 7) is 2.89. The fourth-order valence-electron chi connectivity index (χ4n) is 1.47. The molecule has 0 aliphatic rings. The summed E-state index contributed by atoms with van der Waals surface area (Å²) in [7, 11) is 1.61. The lowest BCUT2D eigenvalue weighted by atomic mass is 10.2. The van der Waals surface area contributed by atoms with Crippen molar-refractivity contribution in [3.05, 3.63) is 24.0 Å². The third kappa shape index (κ3) is 3.39. The number of nitrogens with two attached hydrogens (primary N) is 1. The second-order valence-corrected chi connectivity index (χ2v) is 3.88. The van der Waals surface area contributed by atoms with E-state index in [4.69, 9.17) is 18.0 Å². The Morgan fingerprint density at radius 3 is 2.88 bits per heavy atom. The van der Waals surface area contributed by atoms with Gasteiger partial charge in [-0.15, -0.1) is 0 Å². The van der Waals surface area contributed by atoms with Crippen LogP contribution in [0.15, 0.2) is 18.5 Å². The van der Waals surface area contributed by atoms with Crippen molar-refractivity contribution in [2.45, 2.75) is 6.92 Å². The quantitative estimate of drug-likeness (QED) is 0.737. The lowest BCUT2D eigenvalue weighted by Gasteiger charge is -2.23. The summed E-state index contributed by atoms with van der Waals surface area (Å²) < 4.78 is 0. The highest BCUT2D eigenvalue weighted by molar-refractivity contribution is 7.80. The smallest absolute Gasteiger partial charge is 0.239 e. The highest BCUT2D eigenvalue weighted by atomic mass is 32.1. The van der Waals surface area contributed by atoms with Crippen molar-refractivity contribution >= 4 is 28.8 Å². The number of aromatic nitrogens is 1. The van der Waals surface area contributed by atoms with E-state index in [1.54, 1.807) is 25.5 Å². The Kier molecular flexibility index (Phi) is 4.84. The molecule has 0 saturated carbocycles. The summed E-state index contributed by atoms with van der Waals surface area (Å²) in [6.07, 6.45) is 3.30. The summed E-state index contributed by atoms with van der Waals surface area (Å²) in [5, 5.41) is 2.58. The van der Waals surface area contributed by atoms with Crippen molar-refractivity contribution in [3.63, 3.8) is 0 Å². The van der Waals surface area contributed by atoms with Crippen LogP contribution >= 0.6 is 12.2 Å². The number of anilines is 1. The van der Waals surface area contributed by atoms with E-state index >= 15 is 0 Å². The Morgan fingerprint density at radius 1 is 1.65 bits per heavy atom. The first-order chi connectivity index (χ1) is 8.10. The van der Waals surface area contributed by atoms with E-state index in [-0.39, 0.29) is 12.5 Å². The molecule has 0 unspecified atom stereocenters. The lowest BCUT2D eigenvalue weighted by molar-refractivity contribution is -0.119. The van der Waals surface area contributed by atoms with E-state index in [0.717, 1.165) is 11.3 Å². The van der Waals surface area contributed by atoms with Crippen molar-refractivity contribution < 1.29 is 4.79 Å². The highest BCUT2D eigenvalue weighted by Crippen LogP contribution is 2.18. The molecule has 0 spiro atoms. The monoisotopic (exact) mass is 252 g/mol. The summed E-state index contributed by atoms with van der Waals surface area (Å²) in [6, 6.07) is 1.75. The molecule has 0 aromatic carbocycles. The van der Waals surface area contributed by atoms with Crippen LogP contribution in [0, 0.1) is 0 Å². The normalized spacial score (nSPS) is 9.76. The number of thiocarbonyl (C=S) groups is 1. The zero-order valence-corrected chi connectivity index (χ0v) is 10.8. The van der Waals surface area contributed by atoms with E-state index in [1.165, 1.54) is 0 Å². The zero-order chi connectivity index (χ0) is 12.8. The highest BCUT2D eigenvalue weighted by Gasteiger charge is 2.14. The van der Waals surface area contributed by atoms with Gasteiger partial charge in [-0.2, -0.15) is 0 Å². The van der Waals surface area contributed by atoms with Crippen LogP contribution in [-0.2, 0) is 4.79 Å². The van der Waals surface area contributed by atoms with Gasteiger partial charge in [0.15, 0.2) is 0 Å². The fourth-order valence-corrected chi connectivity index (χ4v) is 1.64. The Balaban J connectivity index is 3.03. The van der Waals surface area contributed by atoms with E-state index in [9.17, 15) is 4.79 Å². The molecule has 1 aromatic heterocycles. The lowest BCUT2D eigenvalue weighted by Crippen LogP contribution is -2.36. The second-order valence-electron chi connectivity index (χ2n) is 3.44. The molecule has 6 heteroatoms. The van der Waals surface area contributed by atoms with Gasteiger partial charge in [0.25, 0.3) is 0 Å². The van der Waals surface area contributed by atoms with E-state index in [1.807, 2.05) is 11.8 Å². The number of hydrogen-bond donors (Lipinski definition) is 2. The molecule has 5 nitrogen and oxygen atoms in total. The Labute approximate surface area is 106 Å². The van der Waals surface area contributed by atoms with Gasteiger partial charge < -0.3 is 16.0 Å². The molecule has 0 bridgehead atoms. The number of carbonyl (C=O) groups is 1. The molecule has 0 saturated heterocycles. The van der Waals surface area contributed by atoms with Crippen LogP contribution in [0.3, 0.4) is 0 Å². The maximum Gasteiger partial charge on any atom is 0.239 e. The van der Waals surface area contributed by atoms with Gasteiger partial charge in [0.1, 0.15) is 4.99 Å². The minimum Gasteiger partial charge on any atom is -0.389 e. The average molecular weight is 252 g/mol. The SMILES string of the molecule is CCN(CC(=O)NC)c1cnccc1C(N)=S. The summed E-state index contributed by atoms with van der Waals surface area (Å²) >= 11 is 4.98. The maximum absolute atomic E-state index is 11.4. The van der Waals surface area contributed by atoms with Crippen LogP contribution in [-0.4, -0.2) is 36.0 Å². The van der Waals surface area contributed by atoms with Crippen molar-refractivity contribution in [1.82, 2.24) is 10.3 Å². The Morgan fingerprint density at radius 2 is 2.35 bits per heavy atom. The standard InChI is InChI=1S/C11H16N4OS/c1-3-15(7-10(16)13-2)9-6-14-5-4-8(9)11(12)17/h4-6H,3,7H2,1-2H3,(H2,12,17)(H,13,16).